The van der Waals surface area contributed by atoms with Crippen LogP contribution < -0.4 is 5.73 Å². The van der Waals surface area contributed by atoms with Crippen LogP contribution in [0.4, 0.5) is 14.4 Å². The molecule has 320 valence electrons. The Hall–Kier alpha value is -3.19. The molecule has 0 heterocycles. The van der Waals surface area contributed by atoms with E-state index in [1.165, 1.54) is 32.1 Å². The van der Waals surface area contributed by atoms with Gasteiger partial charge in [-0.15, -0.1) is 0 Å². The zero-order valence-corrected chi connectivity index (χ0v) is 37.6. The molecule has 2 N–H and O–H groups in total. The van der Waals surface area contributed by atoms with Gasteiger partial charge in [0.2, 0.25) is 6.54 Å². The van der Waals surface area contributed by atoms with Gasteiger partial charge in [0.1, 0.15) is 16.8 Å². The van der Waals surface area contributed by atoms with E-state index in [4.69, 9.17) is 33.1 Å². The van der Waals surface area contributed by atoms with Gasteiger partial charge in [-0.05, 0) is 164 Å². The number of carbonyl (C=O) groups excluding carboxylic acids is 3. The maximum absolute atomic E-state index is 11.9. The molecule has 0 aromatic heterocycles. The minimum atomic E-state index is -0.438. The standard InChI is InChI=1S/C14H24N2O2.C14H28N2O2.C14H27NO2.CBN/c1-14(2,3)18-13(17)16(5)12-8-6-11(7-9-12)10-15-4;1-14(2,3)18-13(17)16(4)12-7-5-11(6-8-12)9-10-15;1-6-11-7-9-12(10-8-11)15(5)13(16)17-14(2,3)4;1-3-2/h11-12H,6-10H2,1-3,5H3;11-12H,5-10,15H2,1-4H3;11-12H,6-10H2,1-5H3;. The second-order valence-corrected chi connectivity index (χ2v) is 18.8. The number of nitrogens with two attached hydrogens (primary N) is 1. The van der Waals surface area contributed by atoms with Gasteiger partial charge in [0.15, 0.2) is 0 Å². The number of nitrogens with zero attached hydrogens (tertiary/aromatic N) is 5. The molecule has 0 saturated heterocycles. The summed E-state index contributed by atoms with van der Waals surface area (Å²) in [7, 11) is 9.67. The van der Waals surface area contributed by atoms with Crippen LogP contribution in [0.3, 0.4) is 0 Å². The molecule has 12 nitrogen and oxygen atoms in total. The van der Waals surface area contributed by atoms with Crippen molar-refractivity contribution < 1.29 is 28.6 Å². The van der Waals surface area contributed by atoms with Crippen LogP contribution >= 0.6 is 0 Å². The molecule has 2 radical (unpaired) electrons. The first-order valence-electron chi connectivity index (χ1n) is 20.9. The lowest BCUT2D eigenvalue weighted by atomic mass is 9.84. The van der Waals surface area contributed by atoms with Crippen LogP contribution in [0.5, 0.6) is 0 Å². The fourth-order valence-corrected chi connectivity index (χ4v) is 7.29. The number of amides is 3. The molecule has 3 fully saturated rings. The minimum absolute atomic E-state index is 0.183. The Balaban J connectivity index is 0.000000782. The molecule has 0 unspecified atom stereocenters. The summed E-state index contributed by atoms with van der Waals surface area (Å²) in [5.74, 6) is 2.13. The molecule has 0 bridgehead atoms. The van der Waals surface area contributed by atoms with Gasteiger partial charge >= 0.3 is 26.3 Å². The van der Waals surface area contributed by atoms with Crippen LogP contribution in [0.25, 0.3) is 9.60 Å². The Morgan fingerprint density at radius 2 is 0.857 bits per heavy atom. The smallest absolute Gasteiger partial charge is 0.444 e. The summed E-state index contributed by atoms with van der Waals surface area (Å²) in [4.78, 5) is 44.5. The average molecular weight is 787 g/mol. The maximum Gasteiger partial charge on any atom is 0.701 e. The molecule has 3 rings (SSSR count). The van der Waals surface area contributed by atoms with Crippen LogP contribution in [0.2, 0.25) is 0 Å². The summed E-state index contributed by atoms with van der Waals surface area (Å²) < 4.78 is 18.4. The Morgan fingerprint density at radius 1 is 0.589 bits per heavy atom. The topological polar surface area (TPSA) is 123 Å². The number of rotatable bonds is 7. The lowest BCUT2D eigenvalue weighted by Crippen LogP contribution is -2.42. The number of ether oxygens (including phenoxy) is 3. The number of hydrogen-bond donors (Lipinski definition) is 1. The summed E-state index contributed by atoms with van der Waals surface area (Å²) in [6, 6.07) is 0.961. The van der Waals surface area contributed by atoms with Crippen molar-refractivity contribution in [2.45, 2.75) is 194 Å². The van der Waals surface area contributed by atoms with Gasteiger partial charge in [-0.3, -0.25) is 6.57 Å². The molecule has 0 aromatic carbocycles. The summed E-state index contributed by atoms with van der Waals surface area (Å²) in [6.45, 7) is 33.2. The van der Waals surface area contributed by atoms with Gasteiger partial charge in [0.05, 0.1) is 0 Å². The second-order valence-electron chi connectivity index (χ2n) is 18.8. The van der Waals surface area contributed by atoms with Crippen molar-refractivity contribution in [1.29, 1.82) is 0 Å². The van der Waals surface area contributed by atoms with E-state index < -0.39 is 16.8 Å². The summed E-state index contributed by atoms with van der Waals surface area (Å²) in [5.41, 5.74) is 4.34. The van der Waals surface area contributed by atoms with E-state index in [0.29, 0.717) is 24.5 Å². The normalized spacial score (nSPS) is 23.6. The molecular weight excluding hydrogens is 707 g/mol. The van der Waals surface area contributed by atoms with E-state index in [1.807, 2.05) is 83.5 Å². The zero-order valence-electron chi connectivity index (χ0n) is 37.6. The lowest BCUT2D eigenvalue weighted by Gasteiger charge is -2.35. The molecule has 13 heteroatoms. The number of hydrogen-bond acceptors (Lipinski definition) is 7. The molecule has 3 amide bonds. The number of carbonyl (C=O) groups is 3. The third-order valence-electron chi connectivity index (χ3n) is 10.6. The van der Waals surface area contributed by atoms with Crippen molar-refractivity contribution in [3.63, 3.8) is 0 Å². The highest BCUT2D eigenvalue weighted by atomic mass is 16.6. The SMILES string of the molecule is CCC1CCC(N(C)C(=O)OC(C)(C)C)CC1.CN(C(=O)OC(C)(C)C)C1CCC(CCN)CC1.[B][N+]#[C-].[C-]#[N+]CC1CCC(N(C)C(=O)OC(C)(C)C)CC1. The van der Waals surface area contributed by atoms with E-state index in [2.05, 4.69) is 24.5 Å². The van der Waals surface area contributed by atoms with Crippen LogP contribution in [-0.4, -0.2) is 110 Å². The van der Waals surface area contributed by atoms with Crippen LogP contribution in [0.1, 0.15) is 159 Å². The van der Waals surface area contributed by atoms with Crippen LogP contribution in [0.15, 0.2) is 0 Å². The van der Waals surface area contributed by atoms with Gasteiger partial charge in [-0.1, -0.05) is 13.3 Å². The summed E-state index contributed by atoms with van der Waals surface area (Å²) >= 11 is 0. The molecule has 3 saturated carbocycles. The summed E-state index contributed by atoms with van der Waals surface area (Å²) in [5, 5.41) is 0. The third kappa shape index (κ3) is 23.1. The summed E-state index contributed by atoms with van der Waals surface area (Å²) in [6.07, 6.45) is 15.0. The maximum atomic E-state index is 11.9. The Bertz CT molecular complexity index is 1210. The predicted molar refractivity (Wildman–Crippen MR) is 227 cm³/mol. The Kier molecular flexibility index (Phi) is 24.5. The highest BCUT2D eigenvalue weighted by Crippen LogP contribution is 2.31. The van der Waals surface area contributed by atoms with Gasteiger partial charge in [0.25, 0.3) is 0 Å². The molecule has 0 aromatic rings. The minimum Gasteiger partial charge on any atom is -0.444 e. The van der Waals surface area contributed by atoms with Crippen molar-refractivity contribution in [1.82, 2.24) is 14.7 Å². The van der Waals surface area contributed by atoms with Crippen molar-refractivity contribution in [3.8, 4) is 0 Å². The van der Waals surface area contributed by atoms with Gasteiger partial charge in [-0.25, -0.2) is 21.0 Å². The quantitative estimate of drug-likeness (QED) is 0.155. The largest absolute Gasteiger partial charge is 0.701 e. The average Bonchev–Trinajstić information content (AvgIpc) is 3.10. The van der Waals surface area contributed by atoms with Crippen molar-refractivity contribution in [2.75, 3.05) is 34.2 Å². The highest BCUT2D eigenvalue weighted by Gasteiger charge is 2.32. The Labute approximate surface area is 343 Å². The first-order chi connectivity index (χ1) is 25.9. The van der Waals surface area contributed by atoms with Crippen LogP contribution in [-0.2, 0) is 14.2 Å². The fraction of sp³-hybridized carbons (Fsp3) is 0.884. The highest BCUT2D eigenvalue weighted by molar-refractivity contribution is 6.13. The van der Waals surface area contributed by atoms with Gasteiger partial charge in [0, 0.05) is 45.2 Å². The van der Waals surface area contributed by atoms with Gasteiger partial charge in [-0.2, -0.15) is 0 Å². The molecule has 3 aliphatic carbocycles. The predicted octanol–water partition coefficient (Wildman–Crippen LogP) is 9.90. The third-order valence-corrected chi connectivity index (χ3v) is 10.6. The van der Waals surface area contributed by atoms with E-state index in [-0.39, 0.29) is 24.3 Å². The van der Waals surface area contributed by atoms with E-state index >= 15 is 0 Å². The first kappa shape index (κ1) is 52.8. The molecule has 56 heavy (non-hydrogen) atoms. The molecule has 0 atom stereocenters. The molecular formula is C43H79BN6O6. The van der Waals surface area contributed by atoms with Crippen molar-refractivity contribution in [3.05, 3.63) is 22.7 Å². The molecule has 3 aliphatic rings. The van der Waals surface area contributed by atoms with Crippen LogP contribution in [0, 0.1) is 30.9 Å². The fourth-order valence-electron chi connectivity index (χ4n) is 7.29. The van der Waals surface area contributed by atoms with E-state index in [0.717, 1.165) is 76.2 Å². The monoisotopic (exact) mass is 787 g/mol. The van der Waals surface area contributed by atoms with E-state index in [1.54, 1.807) is 14.7 Å². The van der Waals surface area contributed by atoms with Crippen molar-refractivity contribution in [2.24, 2.45) is 23.5 Å². The molecule has 0 spiro atoms. The van der Waals surface area contributed by atoms with Crippen molar-refractivity contribution >= 4 is 26.3 Å². The van der Waals surface area contributed by atoms with E-state index in [9.17, 15) is 14.4 Å². The zero-order chi connectivity index (χ0) is 43.3. The lowest BCUT2D eigenvalue weighted by molar-refractivity contribution is 0.0161. The Morgan fingerprint density at radius 3 is 1.09 bits per heavy atom. The van der Waals surface area contributed by atoms with Gasteiger partial charge < -0.3 is 44.2 Å². The second kappa shape index (κ2) is 25.9. The first-order valence-corrected chi connectivity index (χ1v) is 20.9. The molecule has 0 aliphatic heterocycles.